The molecule has 0 aromatic carbocycles. The number of rotatable bonds is 52. The van der Waals surface area contributed by atoms with E-state index in [0.717, 1.165) is 96.3 Å². The van der Waals surface area contributed by atoms with E-state index in [1.165, 1.54) is 122 Å². The third-order valence-corrected chi connectivity index (χ3v) is 12.3. The number of ether oxygens (including phenoxy) is 3. The number of hydrogen-bond donors (Lipinski definition) is 0. The zero-order valence-corrected chi connectivity index (χ0v) is 46.2. The van der Waals surface area contributed by atoms with Crippen molar-refractivity contribution in [2.75, 3.05) is 13.2 Å². The summed E-state index contributed by atoms with van der Waals surface area (Å²) >= 11 is 0. The molecule has 0 rings (SSSR count). The SMILES string of the molecule is CC/C=C\C/C=C\C/C=C\C/C=C\CCC(=O)OC(COC(=O)CCCCC/C=C\C/C=C\C/C=C\CC)COC(=O)CCCCCCCCCCCCCCCCC/C=C\C/C=C\CCCCCCC. The van der Waals surface area contributed by atoms with E-state index in [0.29, 0.717) is 19.3 Å². The normalized spacial score (nSPS) is 12.9. The van der Waals surface area contributed by atoms with E-state index in [-0.39, 0.29) is 31.6 Å². The van der Waals surface area contributed by atoms with E-state index >= 15 is 0 Å². The highest BCUT2D eigenvalue weighted by atomic mass is 16.6. The second-order valence-electron chi connectivity index (χ2n) is 19.1. The molecule has 0 radical (unpaired) electrons. The summed E-state index contributed by atoms with van der Waals surface area (Å²) in [6, 6.07) is 0. The number of hydrogen-bond acceptors (Lipinski definition) is 6. The summed E-state index contributed by atoms with van der Waals surface area (Å²) in [5.41, 5.74) is 0. The monoisotopic (exact) mass is 985 g/mol. The topological polar surface area (TPSA) is 78.9 Å². The minimum Gasteiger partial charge on any atom is -0.462 e. The Balaban J connectivity index is 4.29. The van der Waals surface area contributed by atoms with E-state index in [4.69, 9.17) is 14.2 Å². The van der Waals surface area contributed by atoms with E-state index < -0.39 is 12.1 Å². The Morgan fingerprint density at radius 2 is 0.577 bits per heavy atom. The minimum absolute atomic E-state index is 0.117. The molecule has 0 N–H and O–H groups in total. The van der Waals surface area contributed by atoms with Gasteiger partial charge in [0.25, 0.3) is 0 Å². The first kappa shape index (κ1) is 67.1. The highest BCUT2D eigenvalue weighted by Gasteiger charge is 2.19. The fourth-order valence-electron chi connectivity index (χ4n) is 7.91. The van der Waals surface area contributed by atoms with Gasteiger partial charge in [-0.3, -0.25) is 14.4 Å². The molecule has 1 unspecified atom stereocenters. The summed E-state index contributed by atoms with van der Waals surface area (Å²) in [7, 11) is 0. The largest absolute Gasteiger partial charge is 0.462 e. The van der Waals surface area contributed by atoms with Crippen LogP contribution in [0, 0.1) is 0 Å². The lowest BCUT2D eigenvalue weighted by atomic mass is 10.0. The molecule has 0 saturated heterocycles. The van der Waals surface area contributed by atoms with Crippen molar-refractivity contribution in [3.63, 3.8) is 0 Å². The van der Waals surface area contributed by atoms with Crippen molar-refractivity contribution in [3.05, 3.63) is 109 Å². The molecule has 0 bridgehead atoms. The van der Waals surface area contributed by atoms with Crippen LogP contribution in [0.1, 0.15) is 265 Å². The summed E-state index contributed by atoms with van der Waals surface area (Å²) in [6.07, 6.45) is 79.8. The van der Waals surface area contributed by atoms with Gasteiger partial charge in [-0.15, -0.1) is 0 Å². The average molecular weight is 986 g/mol. The third kappa shape index (κ3) is 56.9. The lowest BCUT2D eigenvalue weighted by Crippen LogP contribution is -2.30. The molecule has 71 heavy (non-hydrogen) atoms. The Kier molecular flexibility index (Phi) is 55.4. The summed E-state index contributed by atoms with van der Waals surface area (Å²) in [5, 5.41) is 0. The van der Waals surface area contributed by atoms with E-state index in [1.807, 2.05) is 12.2 Å². The maximum absolute atomic E-state index is 12.8. The lowest BCUT2D eigenvalue weighted by Gasteiger charge is -2.18. The quantitative estimate of drug-likeness (QED) is 0.0261. The van der Waals surface area contributed by atoms with Crippen LogP contribution in [0.5, 0.6) is 0 Å². The first-order valence-corrected chi connectivity index (χ1v) is 29.4. The molecule has 404 valence electrons. The predicted molar refractivity (Wildman–Crippen MR) is 307 cm³/mol. The van der Waals surface area contributed by atoms with Crippen LogP contribution in [-0.2, 0) is 28.6 Å². The van der Waals surface area contributed by atoms with Gasteiger partial charge in [0.05, 0.1) is 0 Å². The first-order chi connectivity index (χ1) is 35.0. The van der Waals surface area contributed by atoms with Crippen molar-refractivity contribution in [1.29, 1.82) is 0 Å². The van der Waals surface area contributed by atoms with E-state index in [9.17, 15) is 14.4 Å². The van der Waals surface area contributed by atoms with Gasteiger partial charge in [-0.2, -0.15) is 0 Å². The Bertz CT molecular complexity index is 1460. The molecular formula is C65H108O6. The highest BCUT2D eigenvalue weighted by molar-refractivity contribution is 5.71. The van der Waals surface area contributed by atoms with Gasteiger partial charge in [0.1, 0.15) is 13.2 Å². The van der Waals surface area contributed by atoms with Crippen molar-refractivity contribution in [2.24, 2.45) is 0 Å². The molecule has 0 aliphatic carbocycles. The second-order valence-corrected chi connectivity index (χ2v) is 19.1. The van der Waals surface area contributed by atoms with Gasteiger partial charge in [0.2, 0.25) is 0 Å². The Hall–Kier alpha value is -3.93. The fourth-order valence-corrected chi connectivity index (χ4v) is 7.91. The number of unbranched alkanes of at least 4 members (excludes halogenated alkanes) is 23. The van der Waals surface area contributed by atoms with Crippen LogP contribution in [0.4, 0.5) is 0 Å². The first-order valence-electron chi connectivity index (χ1n) is 29.4. The molecule has 0 aromatic rings. The predicted octanol–water partition coefficient (Wildman–Crippen LogP) is 19.9. The zero-order valence-electron chi connectivity index (χ0n) is 46.2. The molecule has 1 atom stereocenters. The standard InChI is InChI=1S/C65H108O6/c1-4-7-10-13-16-19-22-25-26-27-28-29-30-31-32-33-34-35-36-37-38-41-43-46-49-52-55-58-64(67)70-61-62(71-65(68)59-56-53-50-47-44-40-24-21-18-15-12-9-6-3)60-69-63(66)57-54-51-48-45-42-39-23-20-17-14-11-8-5-2/h8-9,11-12,17-18,20-22,25,27-28,39-40,42,44,50,53,62H,4-7,10,13-16,19,23-24,26,29-38,41,43,45-49,51-52,54-61H2,1-3H3/b11-8-,12-9-,20-17-,21-18-,25-22-,28-27-,42-39-,44-40-,53-50-. The van der Waals surface area contributed by atoms with Crippen LogP contribution < -0.4 is 0 Å². The van der Waals surface area contributed by atoms with Crippen molar-refractivity contribution in [2.45, 2.75) is 271 Å². The fraction of sp³-hybridized carbons (Fsp3) is 0.677. The Labute approximate surface area is 438 Å². The van der Waals surface area contributed by atoms with Crippen molar-refractivity contribution >= 4 is 17.9 Å². The van der Waals surface area contributed by atoms with Crippen LogP contribution >= 0.6 is 0 Å². The van der Waals surface area contributed by atoms with Crippen molar-refractivity contribution in [1.82, 2.24) is 0 Å². The number of esters is 3. The second kappa shape index (κ2) is 58.6. The Morgan fingerprint density at radius 3 is 0.930 bits per heavy atom. The molecule has 0 aromatic heterocycles. The maximum atomic E-state index is 12.8. The summed E-state index contributed by atoms with van der Waals surface area (Å²) in [5.74, 6) is -1.03. The van der Waals surface area contributed by atoms with E-state index in [2.05, 4.69) is 118 Å². The van der Waals surface area contributed by atoms with Gasteiger partial charge in [-0.05, 0) is 109 Å². The van der Waals surface area contributed by atoms with Gasteiger partial charge in [-0.25, -0.2) is 0 Å². The zero-order chi connectivity index (χ0) is 51.4. The summed E-state index contributed by atoms with van der Waals surface area (Å²) in [4.78, 5) is 38.0. The van der Waals surface area contributed by atoms with Crippen LogP contribution in [0.2, 0.25) is 0 Å². The highest BCUT2D eigenvalue weighted by Crippen LogP contribution is 2.15. The maximum Gasteiger partial charge on any atom is 0.306 e. The van der Waals surface area contributed by atoms with Gasteiger partial charge in [-0.1, -0.05) is 246 Å². The van der Waals surface area contributed by atoms with Crippen LogP contribution in [-0.4, -0.2) is 37.2 Å². The van der Waals surface area contributed by atoms with Gasteiger partial charge in [0, 0.05) is 19.3 Å². The van der Waals surface area contributed by atoms with Crippen LogP contribution in [0.25, 0.3) is 0 Å². The van der Waals surface area contributed by atoms with Crippen molar-refractivity contribution < 1.29 is 28.6 Å². The molecule has 0 fully saturated rings. The number of carbonyl (C=O) groups excluding carboxylic acids is 3. The number of allylic oxidation sites excluding steroid dienone is 18. The average Bonchev–Trinajstić information content (AvgIpc) is 3.37. The van der Waals surface area contributed by atoms with Gasteiger partial charge >= 0.3 is 17.9 Å². The molecule has 0 aliphatic rings. The molecule has 6 nitrogen and oxygen atoms in total. The van der Waals surface area contributed by atoms with Gasteiger partial charge in [0.15, 0.2) is 6.10 Å². The summed E-state index contributed by atoms with van der Waals surface area (Å²) < 4.78 is 16.7. The minimum atomic E-state index is -0.829. The van der Waals surface area contributed by atoms with Gasteiger partial charge < -0.3 is 14.2 Å². The summed E-state index contributed by atoms with van der Waals surface area (Å²) in [6.45, 7) is 6.31. The Morgan fingerprint density at radius 1 is 0.296 bits per heavy atom. The lowest BCUT2D eigenvalue weighted by molar-refractivity contribution is -0.166. The van der Waals surface area contributed by atoms with E-state index in [1.54, 1.807) is 0 Å². The molecule has 0 heterocycles. The van der Waals surface area contributed by atoms with Crippen molar-refractivity contribution in [3.8, 4) is 0 Å². The van der Waals surface area contributed by atoms with Crippen LogP contribution in [0.3, 0.4) is 0 Å². The molecule has 0 amide bonds. The molecule has 0 aliphatic heterocycles. The van der Waals surface area contributed by atoms with Crippen LogP contribution in [0.15, 0.2) is 109 Å². The molecule has 0 spiro atoms. The third-order valence-electron chi connectivity index (χ3n) is 12.3. The number of carbonyl (C=O) groups is 3. The smallest absolute Gasteiger partial charge is 0.306 e. The molecule has 6 heteroatoms. The molecule has 0 saturated carbocycles. The molecular weight excluding hydrogens is 877 g/mol.